The molecule has 1 heterocycles. The smallest absolute Gasteiger partial charge is 0.357 e. The molecule has 0 atom stereocenters. The standard InChI is InChI=1S/C8H4BFN2O2/c9-4-1-3-6(2-5(4)10)11-12-7(3)8(13)14/h1-2H,(H,11,12)(H,13,14). The van der Waals surface area contributed by atoms with Crippen molar-refractivity contribution in [3.8, 4) is 0 Å². The van der Waals surface area contributed by atoms with E-state index in [2.05, 4.69) is 10.2 Å². The number of aromatic nitrogens is 2. The maximum atomic E-state index is 12.9. The van der Waals surface area contributed by atoms with Gasteiger partial charge in [-0.05, 0) is 6.07 Å². The molecule has 0 saturated carbocycles. The summed E-state index contributed by atoms with van der Waals surface area (Å²) in [4.78, 5) is 10.7. The molecule has 0 aliphatic carbocycles. The van der Waals surface area contributed by atoms with E-state index in [1.54, 1.807) is 0 Å². The number of hydrogen-bond acceptors (Lipinski definition) is 2. The molecule has 68 valence electrons. The number of carboxylic acids is 1. The van der Waals surface area contributed by atoms with Gasteiger partial charge in [-0.25, -0.2) is 9.18 Å². The van der Waals surface area contributed by atoms with Crippen LogP contribution in [-0.2, 0) is 0 Å². The molecule has 2 aromatic rings. The molecule has 0 bridgehead atoms. The Kier molecular flexibility index (Phi) is 1.77. The Balaban J connectivity index is 2.80. The van der Waals surface area contributed by atoms with Crippen LogP contribution in [0.15, 0.2) is 12.1 Å². The summed E-state index contributed by atoms with van der Waals surface area (Å²) in [5.41, 5.74) is 0.0576. The summed E-state index contributed by atoms with van der Waals surface area (Å²) >= 11 is 0. The molecule has 0 saturated heterocycles. The third-order valence-corrected chi connectivity index (χ3v) is 1.88. The number of carbonyl (C=O) groups is 1. The molecule has 0 fully saturated rings. The second-order valence-corrected chi connectivity index (χ2v) is 2.80. The quantitative estimate of drug-likeness (QED) is 0.630. The van der Waals surface area contributed by atoms with Crippen molar-refractivity contribution in [2.75, 3.05) is 0 Å². The topological polar surface area (TPSA) is 66.0 Å². The molecule has 14 heavy (non-hydrogen) atoms. The Labute approximate surface area is 79.1 Å². The highest BCUT2D eigenvalue weighted by Crippen LogP contribution is 2.15. The predicted octanol–water partition coefficient (Wildman–Crippen LogP) is 0.194. The van der Waals surface area contributed by atoms with Gasteiger partial charge in [0.2, 0.25) is 0 Å². The van der Waals surface area contributed by atoms with Gasteiger partial charge >= 0.3 is 5.97 Å². The van der Waals surface area contributed by atoms with E-state index in [4.69, 9.17) is 13.0 Å². The number of nitrogens with one attached hydrogen (secondary N) is 1. The number of nitrogens with zero attached hydrogens (tertiary/aromatic N) is 1. The second kappa shape index (κ2) is 2.83. The van der Waals surface area contributed by atoms with E-state index in [0.717, 1.165) is 6.07 Å². The van der Waals surface area contributed by atoms with Crippen molar-refractivity contribution in [2.45, 2.75) is 0 Å². The maximum Gasteiger partial charge on any atom is 0.357 e. The highest BCUT2D eigenvalue weighted by molar-refractivity contribution is 6.33. The van der Waals surface area contributed by atoms with Crippen molar-refractivity contribution in [3.05, 3.63) is 23.6 Å². The molecule has 4 nitrogen and oxygen atoms in total. The van der Waals surface area contributed by atoms with Crippen molar-refractivity contribution < 1.29 is 14.3 Å². The average molecular weight is 190 g/mol. The lowest BCUT2D eigenvalue weighted by atomic mass is 9.94. The van der Waals surface area contributed by atoms with Crippen molar-refractivity contribution in [3.63, 3.8) is 0 Å². The normalized spacial score (nSPS) is 10.6. The summed E-state index contributed by atoms with van der Waals surface area (Å²) in [6.45, 7) is 0. The molecular formula is C8H4BFN2O2. The van der Waals surface area contributed by atoms with Gasteiger partial charge in [-0.2, -0.15) is 5.10 Å². The first-order valence-electron chi connectivity index (χ1n) is 3.76. The minimum absolute atomic E-state index is 0.0959. The Morgan fingerprint density at radius 2 is 2.29 bits per heavy atom. The SMILES string of the molecule is [B]c1cc2c(C(=O)O)n[nH]c2cc1F. The third kappa shape index (κ3) is 1.15. The van der Waals surface area contributed by atoms with Gasteiger partial charge in [0.1, 0.15) is 13.7 Å². The van der Waals surface area contributed by atoms with Crippen LogP contribution in [-0.4, -0.2) is 29.1 Å². The molecule has 1 aromatic carbocycles. The van der Waals surface area contributed by atoms with Crippen LogP contribution in [0.3, 0.4) is 0 Å². The van der Waals surface area contributed by atoms with Gasteiger partial charge in [0.05, 0.1) is 5.52 Å². The predicted molar refractivity (Wildman–Crippen MR) is 48.4 cm³/mol. The van der Waals surface area contributed by atoms with Crippen molar-refractivity contribution in [1.29, 1.82) is 0 Å². The number of aromatic amines is 1. The van der Waals surface area contributed by atoms with Crippen LogP contribution in [0.1, 0.15) is 10.5 Å². The van der Waals surface area contributed by atoms with E-state index in [1.165, 1.54) is 6.07 Å². The lowest BCUT2D eigenvalue weighted by molar-refractivity contribution is 0.0692. The van der Waals surface area contributed by atoms with Gasteiger partial charge in [-0.1, -0.05) is 11.5 Å². The molecule has 1 aromatic heterocycles. The number of fused-ring (bicyclic) bond motifs is 1. The summed E-state index contributed by atoms with van der Waals surface area (Å²) in [7, 11) is 5.30. The van der Waals surface area contributed by atoms with Crippen molar-refractivity contribution in [1.82, 2.24) is 10.2 Å². The van der Waals surface area contributed by atoms with Gasteiger partial charge < -0.3 is 5.11 Å². The summed E-state index contributed by atoms with van der Waals surface area (Å²) < 4.78 is 12.9. The van der Waals surface area contributed by atoms with E-state index in [-0.39, 0.29) is 11.2 Å². The first-order chi connectivity index (χ1) is 6.59. The van der Waals surface area contributed by atoms with E-state index < -0.39 is 11.8 Å². The Hall–Kier alpha value is -1.85. The fraction of sp³-hybridized carbons (Fsp3) is 0. The third-order valence-electron chi connectivity index (χ3n) is 1.88. The fourth-order valence-electron chi connectivity index (χ4n) is 1.22. The number of H-pyrrole nitrogens is 1. The molecular weight excluding hydrogens is 186 g/mol. The monoisotopic (exact) mass is 190 g/mol. The first-order valence-corrected chi connectivity index (χ1v) is 3.76. The van der Waals surface area contributed by atoms with E-state index in [0.29, 0.717) is 10.9 Å². The zero-order valence-electron chi connectivity index (χ0n) is 6.91. The highest BCUT2D eigenvalue weighted by Gasteiger charge is 2.13. The lowest BCUT2D eigenvalue weighted by Gasteiger charge is -1.96. The number of hydrogen-bond donors (Lipinski definition) is 2. The highest BCUT2D eigenvalue weighted by atomic mass is 19.1. The number of halogens is 1. The van der Waals surface area contributed by atoms with E-state index in [9.17, 15) is 9.18 Å². The molecule has 2 N–H and O–H groups in total. The van der Waals surface area contributed by atoms with Crippen LogP contribution in [0.4, 0.5) is 4.39 Å². The molecule has 6 heteroatoms. The van der Waals surface area contributed by atoms with Crippen LogP contribution in [0, 0.1) is 5.82 Å². The van der Waals surface area contributed by atoms with Crippen LogP contribution in [0.2, 0.25) is 0 Å². The second-order valence-electron chi connectivity index (χ2n) is 2.80. The molecule has 0 spiro atoms. The summed E-state index contributed by atoms with van der Waals surface area (Å²) in [5.74, 6) is -1.78. The fourth-order valence-corrected chi connectivity index (χ4v) is 1.22. The first kappa shape index (κ1) is 8.74. The van der Waals surface area contributed by atoms with Crippen molar-refractivity contribution in [2.24, 2.45) is 0 Å². The van der Waals surface area contributed by atoms with Crippen LogP contribution in [0.5, 0.6) is 0 Å². The minimum Gasteiger partial charge on any atom is -0.476 e. The van der Waals surface area contributed by atoms with Crippen LogP contribution >= 0.6 is 0 Å². The Morgan fingerprint density at radius 3 is 2.93 bits per heavy atom. The molecule has 0 aliphatic rings. The van der Waals surface area contributed by atoms with E-state index in [1.807, 2.05) is 0 Å². The van der Waals surface area contributed by atoms with Gasteiger partial charge in [-0.3, -0.25) is 5.10 Å². The maximum absolute atomic E-state index is 12.9. The Bertz CT molecular complexity index is 523. The van der Waals surface area contributed by atoms with Crippen molar-refractivity contribution >= 4 is 30.2 Å². The summed E-state index contributed by atoms with van der Waals surface area (Å²) in [6, 6.07) is 2.36. The zero-order valence-corrected chi connectivity index (χ0v) is 6.91. The van der Waals surface area contributed by atoms with Gasteiger partial charge in [0.25, 0.3) is 0 Å². The van der Waals surface area contributed by atoms with Gasteiger partial charge in [0.15, 0.2) is 5.69 Å². The van der Waals surface area contributed by atoms with Gasteiger partial charge in [0, 0.05) is 5.39 Å². The lowest BCUT2D eigenvalue weighted by Crippen LogP contribution is -2.08. The molecule has 0 aliphatic heterocycles. The number of benzene rings is 1. The summed E-state index contributed by atoms with van der Waals surface area (Å²) in [5, 5.41) is 15.0. The van der Waals surface area contributed by atoms with Crippen LogP contribution < -0.4 is 5.46 Å². The minimum atomic E-state index is -1.18. The average Bonchev–Trinajstić information content (AvgIpc) is 2.48. The molecule has 0 unspecified atom stereocenters. The number of aromatic carboxylic acids is 1. The molecule has 0 amide bonds. The van der Waals surface area contributed by atoms with E-state index >= 15 is 0 Å². The van der Waals surface area contributed by atoms with Crippen LogP contribution in [0.25, 0.3) is 10.9 Å². The number of carboxylic acid groups (broad SMARTS) is 1. The zero-order chi connectivity index (χ0) is 10.3. The largest absolute Gasteiger partial charge is 0.476 e. The van der Waals surface area contributed by atoms with Gasteiger partial charge in [-0.15, -0.1) is 0 Å². The summed E-state index contributed by atoms with van der Waals surface area (Å²) in [6.07, 6.45) is 0. The molecule has 2 radical (unpaired) electrons. The number of rotatable bonds is 1. The molecule has 2 rings (SSSR count). The Morgan fingerprint density at radius 1 is 1.57 bits per heavy atom.